The first kappa shape index (κ1) is 16.8. The first-order valence-electron chi connectivity index (χ1n) is 7.71. The molecule has 2 atom stereocenters. The normalized spacial score (nSPS) is 25.0. The van der Waals surface area contributed by atoms with Crippen LogP contribution in [0.15, 0.2) is 35.2 Å². The van der Waals surface area contributed by atoms with Crippen LogP contribution in [0, 0.1) is 5.92 Å². The van der Waals surface area contributed by atoms with Crippen molar-refractivity contribution in [2.24, 2.45) is 5.92 Å². The largest absolute Gasteiger partial charge is 0.331 e. The average Bonchev–Trinajstić information content (AvgIpc) is 3.25. The maximum absolute atomic E-state index is 12.3. The molecule has 6 nitrogen and oxygen atoms in total. The van der Waals surface area contributed by atoms with Gasteiger partial charge in [-0.1, -0.05) is 18.2 Å². The summed E-state index contributed by atoms with van der Waals surface area (Å²) in [6.07, 6.45) is 0.678. The Balaban J connectivity index is 1.51. The van der Waals surface area contributed by atoms with Crippen molar-refractivity contribution in [1.82, 2.24) is 14.9 Å². The predicted molar refractivity (Wildman–Crippen MR) is 90.6 cm³/mol. The second-order valence-corrected chi connectivity index (χ2v) is 8.71. The van der Waals surface area contributed by atoms with Crippen molar-refractivity contribution in [3.8, 4) is 0 Å². The van der Waals surface area contributed by atoms with Gasteiger partial charge in [-0.15, -0.1) is 11.8 Å². The number of hydrogen-bond acceptors (Lipinski definition) is 5. The fourth-order valence-corrected chi connectivity index (χ4v) is 4.96. The molecular weight excluding hydrogens is 334 g/mol. The maximum atomic E-state index is 12.3. The van der Waals surface area contributed by atoms with Crippen LogP contribution in [0.2, 0.25) is 0 Å². The summed E-state index contributed by atoms with van der Waals surface area (Å²) in [5, 5.41) is 3.22. The Bertz CT molecular complexity index is 645. The number of carbonyl (C=O) groups excluding carboxylic acids is 1. The number of benzene rings is 1. The second-order valence-electron chi connectivity index (χ2n) is 5.87. The van der Waals surface area contributed by atoms with Crippen molar-refractivity contribution in [2.45, 2.75) is 17.4 Å². The molecule has 0 saturated carbocycles. The van der Waals surface area contributed by atoms with Crippen LogP contribution in [0.1, 0.15) is 6.42 Å². The van der Waals surface area contributed by atoms with E-state index in [-0.39, 0.29) is 22.8 Å². The Hall–Kier alpha value is -1.09. The molecule has 0 spiro atoms. The third-order valence-electron chi connectivity index (χ3n) is 4.20. The molecule has 2 N–H and O–H groups in total. The van der Waals surface area contributed by atoms with Crippen LogP contribution in [-0.4, -0.2) is 56.5 Å². The smallest absolute Gasteiger partial charge is 0.240 e. The van der Waals surface area contributed by atoms with E-state index in [4.69, 9.17) is 0 Å². The molecule has 2 heterocycles. The number of hydrogen-bond donors (Lipinski definition) is 2. The summed E-state index contributed by atoms with van der Waals surface area (Å²) in [7, 11) is -3.48. The molecule has 2 unspecified atom stereocenters. The Morgan fingerprint density at radius 3 is 2.83 bits per heavy atom. The lowest BCUT2D eigenvalue weighted by Gasteiger charge is -2.19. The van der Waals surface area contributed by atoms with Crippen LogP contribution >= 0.6 is 11.8 Å². The maximum Gasteiger partial charge on any atom is 0.240 e. The Labute approximate surface area is 141 Å². The lowest BCUT2D eigenvalue weighted by molar-refractivity contribution is -0.131. The van der Waals surface area contributed by atoms with Gasteiger partial charge in [0.2, 0.25) is 15.9 Å². The van der Waals surface area contributed by atoms with Crippen LogP contribution in [0.4, 0.5) is 0 Å². The highest BCUT2D eigenvalue weighted by Gasteiger charge is 2.33. The van der Waals surface area contributed by atoms with Crippen molar-refractivity contribution in [3.63, 3.8) is 0 Å². The summed E-state index contributed by atoms with van der Waals surface area (Å²) in [6, 6.07) is 8.16. The third-order valence-corrected chi connectivity index (χ3v) is 6.60. The molecular formula is C15H21N3O3S2. The Morgan fingerprint density at radius 1 is 1.35 bits per heavy atom. The van der Waals surface area contributed by atoms with Gasteiger partial charge in [0.05, 0.1) is 16.8 Å². The zero-order chi connectivity index (χ0) is 16.3. The summed E-state index contributed by atoms with van der Waals surface area (Å²) >= 11 is 1.77. The molecule has 23 heavy (non-hydrogen) atoms. The van der Waals surface area contributed by atoms with Crippen LogP contribution in [0.25, 0.3) is 0 Å². The van der Waals surface area contributed by atoms with Crippen LogP contribution < -0.4 is 10.0 Å². The number of nitrogens with one attached hydrogen (secondary N) is 2. The summed E-state index contributed by atoms with van der Waals surface area (Å²) in [6.45, 7) is 1.82. The summed E-state index contributed by atoms with van der Waals surface area (Å²) in [5.74, 6) is 2.04. The molecule has 3 rings (SSSR count). The van der Waals surface area contributed by atoms with Crippen LogP contribution in [0.3, 0.4) is 0 Å². The lowest BCUT2D eigenvalue weighted by atomic mass is 10.1. The molecule has 0 bridgehead atoms. The minimum absolute atomic E-state index is 0.137. The highest BCUT2D eigenvalue weighted by atomic mass is 32.2. The van der Waals surface area contributed by atoms with Gasteiger partial charge in [0.1, 0.15) is 0 Å². The number of nitrogens with zero attached hydrogens (tertiary/aromatic N) is 1. The number of thioether (sulfide) groups is 1. The zero-order valence-corrected chi connectivity index (χ0v) is 14.4. The quantitative estimate of drug-likeness (QED) is 0.803. The topological polar surface area (TPSA) is 78.5 Å². The molecule has 1 amide bonds. The van der Waals surface area contributed by atoms with Gasteiger partial charge in [-0.2, -0.15) is 0 Å². The highest BCUT2D eigenvalue weighted by molar-refractivity contribution is 7.99. The van der Waals surface area contributed by atoms with Gasteiger partial charge in [0.25, 0.3) is 0 Å². The molecule has 2 aliphatic rings. The van der Waals surface area contributed by atoms with Crippen molar-refractivity contribution in [2.75, 3.05) is 31.3 Å². The van der Waals surface area contributed by atoms with E-state index in [9.17, 15) is 13.2 Å². The first-order valence-corrected chi connectivity index (χ1v) is 10.3. The van der Waals surface area contributed by atoms with E-state index in [1.807, 2.05) is 4.90 Å². The van der Waals surface area contributed by atoms with E-state index in [0.717, 1.165) is 18.2 Å². The van der Waals surface area contributed by atoms with E-state index in [1.54, 1.807) is 42.1 Å². The number of rotatable bonds is 5. The SMILES string of the molecule is O=C(C1CC(CNS(=O)(=O)c2ccccc2)CN1)N1CCSC1. The molecule has 0 radical (unpaired) electrons. The minimum Gasteiger partial charge on any atom is -0.331 e. The Morgan fingerprint density at radius 2 is 2.13 bits per heavy atom. The second kappa shape index (κ2) is 7.21. The molecule has 2 fully saturated rings. The standard InChI is InChI=1S/C15H21N3O3S2/c19-15(18-6-7-22-11-18)14-8-12(9-16-14)10-17-23(20,21)13-4-2-1-3-5-13/h1-5,12,14,16-17H,6-11H2. The van der Waals surface area contributed by atoms with Crippen molar-refractivity contribution in [1.29, 1.82) is 0 Å². The molecule has 1 aromatic carbocycles. The van der Waals surface area contributed by atoms with Gasteiger partial charge in [-0.05, 0) is 24.5 Å². The molecule has 0 aliphatic carbocycles. The van der Waals surface area contributed by atoms with Crippen molar-refractivity contribution >= 4 is 27.7 Å². The third kappa shape index (κ3) is 4.06. The molecule has 0 aromatic heterocycles. The molecule has 8 heteroatoms. The summed E-state index contributed by atoms with van der Waals surface area (Å²) < 4.78 is 27.1. The van der Waals surface area contributed by atoms with Gasteiger partial charge < -0.3 is 10.2 Å². The van der Waals surface area contributed by atoms with E-state index < -0.39 is 10.0 Å². The lowest BCUT2D eigenvalue weighted by Crippen LogP contribution is -2.42. The molecule has 2 aliphatic heterocycles. The van der Waals surface area contributed by atoms with E-state index >= 15 is 0 Å². The van der Waals surface area contributed by atoms with Crippen LogP contribution in [0.5, 0.6) is 0 Å². The van der Waals surface area contributed by atoms with Gasteiger partial charge in [-0.3, -0.25) is 4.79 Å². The molecule has 126 valence electrons. The van der Waals surface area contributed by atoms with E-state index in [0.29, 0.717) is 19.5 Å². The zero-order valence-electron chi connectivity index (χ0n) is 12.8. The predicted octanol–water partition coefficient (Wildman–Crippen LogP) is 0.476. The highest BCUT2D eigenvalue weighted by Crippen LogP contribution is 2.20. The fourth-order valence-electron chi connectivity index (χ4n) is 2.87. The van der Waals surface area contributed by atoms with Crippen molar-refractivity contribution < 1.29 is 13.2 Å². The summed E-state index contributed by atoms with van der Waals surface area (Å²) in [4.78, 5) is 14.5. The van der Waals surface area contributed by atoms with E-state index in [1.165, 1.54) is 0 Å². The first-order chi connectivity index (χ1) is 11.1. The molecule has 2 saturated heterocycles. The number of carbonyl (C=O) groups is 1. The monoisotopic (exact) mass is 355 g/mol. The van der Waals surface area contributed by atoms with Gasteiger partial charge >= 0.3 is 0 Å². The van der Waals surface area contributed by atoms with Gasteiger partial charge in [0.15, 0.2) is 0 Å². The van der Waals surface area contributed by atoms with Crippen LogP contribution in [-0.2, 0) is 14.8 Å². The Kier molecular flexibility index (Phi) is 5.25. The number of amides is 1. The van der Waals surface area contributed by atoms with Crippen molar-refractivity contribution in [3.05, 3.63) is 30.3 Å². The average molecular weight is 355 g/mol. The van der Waals surface area contributed by atoms with Gasteiger partial charge in [0, 0.05) is 25.4 Å². The fraction of sp³-hybridized carbons (Fsp3) is 0.533. The van der Waals surface area contributed by atoms with E-state index in [2.05, 4.69) is 10.0 Å². The molecule has 1 aromatic rings. The number of sulfonamides is 1. The minimum atomic E-state index is -3.48. The van der Waals surface area contributed by atoms with Gasteiger partial charge in [-0.25, -0.2) is 13.1 Å². The summed E-state index contributed by atoms with van der Waals surface area (Å²) in [5.41, 5.74) is 0.